The number of benzene rings is 3. The molecule has 43 heavy (non-hydrogen) atoms. The smallest absolute Gasteiger partial charge is 0.410 e. The van der Waals surface area contributed by atoms with Gasteiger partial charge in [-0.15, -0.1) is 0 Å². The number of amides is 2. The van der Waals surface area contributed by atoms with Crippen molar-refractivity contribution >= 4 is 32.9 Å². The van der Waals surface area contributed by atoms with Crippen LogP contribution in [0.25, 0.3) is 10.9 Å². The third-order valence-corrected chi connectivity index (χ3v) is 9.39. The van der Waals surface area contributed by atoms with E-state index in [1.165, 1.54) is 5.56 Å². The number of hydrogen-bond donors (Lipinski definition) is 1. The van der Waals surface area contributed by atoms with E-state index in [9.17, 15) is 18.0 Å². The van der Waals surface area contributed by atoms with Crippen LogP contribution in [0.15, 0.2) is 84.9 Å². The highest BCUT2D eigenvalue weighted by Gasteiger charge is 2.30. The molecule has 0 saturated carbocycles. The standard InChI is InChI=1S/C34H39N3O5S/c1-26-12-10-19-31-30(26)24-32(37(31)22-11-17-27-13-4-2-5-14-27)33(38)35-43(40,41)23-20-29-18-8-9-21-36(29)34(39)42-25-28-15-6-3-7-16-28/h2-7,10,12-16,19,24,29H,8-9,11,17-18,20-23,25H2,1H3,(H,35,38)/t29-/m1/s1. The molecule has 2 amide bonds. The summed E-state index contributed by atoms with van der Waals surface area (Å²) in [4.78, 5) is 28.0. The van der Waals surface area contributed by atoms with Gasteiger partial charge in [-0.3, -0.25) is 4.79 Å². The third-order valence-electron chi connectivity index (χ3n) is 8.12. The van der Waals surface area contributed by atoms with Gasteiger partial charge in [0.05, 0.1) is 5.75 Å². The first-order valence-electron chi connectivity index (χ1n) is 15.0. The van der Waals surface area contributed by atoms with Crippen molar-refractivity contribution in [3.8, 4) is 0 Å². The average molecular weight is 602 g/mol. The molecule has 1 aliphatic rings. The topological polar surface area (TPSA) is 97.7 Å². The van der Waals surface area contributed by atoms with Crippen LogP contribution in [0.5, 0.6) is 0 Å². The zero-order valence-electron chi connectivity index (χ0n) is 24.6. The highest BCUT2D eigenvalue weighted by molar-refractivity contribution is 7.90. The van der Waals surface area contributed by atoms with Gasteiger partial charge in [-0.05, 0) is 74.3 Å². The zero-order valence-corrected chi connectivity index (χ0v) is 25.4. The second-order valence-corrected chi connectivity index (χ2v) is 13.0. The van der Waals surface area contributed by atoms with Crippen LogP contribution in [-0.2, 0) is 34.3 Å². The van der Waals surface area contributed by atoms with E-state index in [0.717, 1.165) is 47.7 Å². The molecule has 2 heterocycles. The number of aromatic nitrogens is 1. The molecule has 0 unspecified atom stereocenters. The molecule has 3 aromatic carbocycles. The number of sulfonamides is 1. The van der Waals surface area contributed by atoms with Crippen LogP contribution in [0.2, 0.25) is 0 Å². The van der Waals surface area contributed by atoms with E-state index in [1.807, 2.05) is 78.2 Å². The number of ether oxygens (including phenoxy) is 1. The highest BCUT2D eigenvalue weighted by atomic mass is 32.2. The van der Waals surface area contributed by atoms with Crippen molar-refractivity contribution in [1.82, 2.24) is 14.2 Å². The summed E-state index contributed by atoms with van der Waals surface area (Å²) in [7, 11) is -3.95. The molecule has 0 spiro atoms. The Bertz CT molecular complexity index is 1650. The lowest BCUT2D eigenvalue weighted by atomic mass is 10.0. The number of carbonyl (C=O) groups excluding carboxylic acids is 2. The lowest BCUT2D eigenvalue weighted by Gasteiger charge is -2.34. The van der Waals surface area contributed by atoms with Gasteiger partial charge in [0.2, 0.25) is 10.0 Å². The first-order valence-corrected chi connectivity index (χ1v) is 16.6. The Morgan fingerprint density at radius 3 is 2.40 bits per heavy atom. The Balaban J connectivity index is 1.23. The van der Waals surface area contributed by atoms with Crippen molar-refractivity contribution < 1.29 is 22.7 Å². The van der Waals surface area contributed by atoms with Crippen molar-refractivity contribution in [2.24, 2.45) is 0 Å². The van der Waals surface area contributed by atoms with E-state index in [4.69, 9.17) is 4.74 Å². The number of aryl methyl sites for hydroxylation is 3. The Morgan fingerprint density at radius 1 is 0.930 bits per heavy atom. The summed E-state index contributed by atoms with van der Waals surface area (Å²) < 4.78 is 36.1. The van der Waals surface area contributed by atoms with E-state index in [-0.39, 0.29) is 24.8 Å². The van der Waals surface area contributed by atoms with Crippen LogP contribution < -0.4 is 4.72 Å². The van der Waals surface area contributed by atoms with E-state index in [1.54, 1.807) is 11.0 Å². The Morgan fingerprint density at radius 2 is 1.65 bits per heavy atom. The summed E-state index contributed by atoms with van der Waals surface area (Å²) >= 11 is 0. The Kier molecular flexibility index (Phi) is 9.82. The van der Waals surface area contributed by atoms with Gasteiger partial charge in [0.1, 0.15) is 12.3 Å². The van der Waals surface area contributed by atoms with Gasteiger partial charge in [-0.1, -0.05) is 72.8 Å². The number of piperidine rings is 1. The van der Waals surface area contributed by atoms with Crippen LogP contribution in [-0.4, -0.2) is 48.2 Å². The molecule has 1 saturated heterocycles. The van der Waals surface area contributed by atoms with Crippen molar-refractivity contribution in [2.45, 2.75) is 64.6 Å². The van der Waals surface area contributed by atoms with Gasteiger partial charge >= 0.3 is 6.09 Å². The summed E-state index contributed by atoms with van der Waals surface area (Å²) in [5.41, 5.74) is 4.35. The number of fused-ring (bicyclic) bond motifs is 1. The molecule has 226 valence electrons. The van der Waals surface area contributed by atoms with E-state index < -0.39 is 22.0 Å². The molecule has 1 atom stereocenters. The van der Waals surface area contributed by atoms with Gasteiger partial charge in [-0.25, -0.2) is 17.9 Å². The number of nitrogens with one attached hydrogen (secondary N) is 1. The van der Waals surface area contributed by atoms with Crippen LogP contribution >= 0.6 is 0 Å². The summed E-state index contributed by atoms with van der Waals surface area (Å²) in [6, 6.07) is 27.0. The maximum atomic E-state index is 13.4. The lowest BCUT2D eigenvalue weighted by molar-refractivity contribution is 0.0672. The Labute approximate surface area is 253 Å². The van der Waals surface area contributed by atoms with Crippen molar-refractivity contribution in [2.75, 3.05) is 12.3 Å². The molecule has 1 aromatic heterocycles. The summed E-state index contributed by atoms with van der Waals surface area (Å²) in [5, 5.41) is 0.927. The van der Waals surface area contributed by atoms with Crippen molar-refractivity contribution in [3.05, 3.63) is 107 Å². The van der Waals surface area contributed by atoms with Gasteiger partial charge in [-0.2, -0.15) is 0 Å². The number of likely N-dealkylation sites (tertiary alicyclic amines) is 1. The molecule has 1 fully saturated rings. The molecule has 1 aliphatic heterocycles. The quantitative estimate of drug-likeness (QED) is 0.220. The van der Waals surface area contributed by atoms with Gasteiger partial charge in [0, 0.05) is 30.0 Å². The minimum Gasteiger partial charge on any atom is -0.445 e. The fraction of sp³-hybridized carbons (Fsp3) is 0.353. The molecular formula is C34H39N3O5S. The van der Waals surface area contributed by atoms with Gasteiger partial charge in [0.15, 0.2) is 0 Å². The molecule has 0 aliphatic carbocycles. The third kappa shape index (κ3) is 7.84. The molecule has 0 bridgehead atoms. The number of rotatable bonds is 11. The second-order valence-electron chi connectivity index (χ2n) is 11.2. The van der Waals surface area contributed by atoms with Crippen LogP contribution in [0.4, 0.5) is 4.79 Å². The summed E-state index contributed by atoms with van der Waals surface area (Å²) in [6.07, 6.45) is 3.87. The molecular weight excluding hydrogens is 562 g/mol. The molecule has 1 N–H and O–H groups in total. The Hall–Kier alpha value is -4.11. The summed E-state index contributed by atoms with van der Waals surface area (Å²) in [6.45, 7) is 3.24. The zero-order chi connectivity index (χ0) is 30.2. The molecule has 4 aromatic rings. The predicted molar refractivity (Wildman–Crippen MR) is 168 cm³/mol. The predicted octanol–water partition coefficient (Wildman–Crippen LogP) is 6.22. The van der Waals surface area contributed by atoms with Crippen molar-refractivity contribution in [1.29, 1.82) is 0 Å². The first kappa shape index (κ1) is 30.4. The lowest BCUT2D eigenvalue weighted by Crippen LogP contribution is -2.45. The number of hydrogen-bond acceptors (Lipinski definition) is 5. The van der Waals surface area contributed by atoms with E-state index >= 15 is 0 Å². The first-order chi connectivity index (χ1) is 20.8. The monoisotopic (exact) mass is 601 g/mol. The fourth-order valence-corrected chi connectivity index (χ4v) is 6.90. The van der Waals surface area contributed by atoms with E-state index in [0.29, 0.717) is 25.2 Å². The summed E-state index contributed by atoms with van der Waals surface area (Å²) in [5.74, 6) is -0.905. The van der Waals surface area contributed by atoms with Crippen molar-refractivity contribution in [3.63, 3.8) is 0 Å². The van der Waals surface area contributed by atoms with Crippen LogP contribution in [0, 0.1) is 6.92 Å². The normalized spacial score (nSPS) is 15.4. The number of carbonyl (C=O) groups is 2. The minimum absolute atomic E-state index is 0.163. The van der Waals surface area contributed by atoms with E-state index in [2.05, 4.69) is 16.9 Å². The highest BCUT2D eigenvalue weighted by Crippen LogP contribution is 2.25. The molecule has 0 radical (unpaired) electrons. The maximum Gasteiger partial charge on any atom is 0.410 e. The van der Waals surface area contributed by atoms with Gasteiger partial charge in [0.25, 0.3) is 5.91 Å². The van der Waals surface area contributed by atoms with Crippen LogP contribution in [0.3, 0.4) is 0 Å². The molecule has 8 nitrogen and oxygen atoms in total. The molecule has 9 heteroatoms. The van der Waals surface area contributed by atoms with Crippen LogP contribution in [0.1, 0.15) is 59.3 Å². The second kappa shape index (κ2) is 13.9. The largest absolute Gasteiger partial charge is 0.445 e. The number of nitrogens with zero attached hydrogens (tertiary/aromatic N) is 2. The van der Waals surface area contributed by atoms with Gasteiger partial charge < -0.3 is 14.2 Å². The molecule has 5 rings (SSSR count). The average Bonchev–Trinajstić information content (AvgIpc) is 3.40. The minimum atomic E-state index is -3.95. The maximum absolute atomic E-state index is 13.4. The fourth-order valence-electron chi connectivity index (χ4n) is 5.83. The SMILES string of the molecule is Cc1cccc2c1cc(C(=O)NS(=O)(=O)CC[C@H]1CCCCN1C(=O)OCc1ccccc1)n2CCCc1ccccc1.